The zero-order valence-electron chi connectivity index (χ0n) is 21.5. The molecule has 1 amide bonds. The summed E-state index contributed by atoms with van der Waals surface area (Å²) in [6.07, 6.45) is 0. The van der Waals surface area contributed by atoms with Crippen LogP contribution < -0.4 is 14.4 Å². The first kappa shape index (κ1) is 25.1. The number of carbonyl (C=O) groups excluding carboxylic acids is 2. The minimum absolute atomic E-state index is 0.0233. The summed E-state index contributed by atoms with van der Waals surface area (Å²) in [7, 11) is 1.55. The van der Waals surface area contributed by atoms with Gasteiger partial charge in [-0.25, -0.2) is 0 Å². The van der Waals surface area contributed by atoms with Gasteiger partial charge in [-0.2, -0.15) is 0 Å². The largest absolute Gasteiger partial charge is 0.507 e. The van der Waals surface area contributed by atoms with Crippen molar-refractivity contribution in [2.75, 3.05) is 18.6 Å². The van der Waals surface area contributed by atoms with Crippen LogP contribution >= 0.6 is 0 Å². The standard InChI is InChI=1S/C32H29NO5/c1-20(2)19-38-25-14-6-11-22(17-25)30(34)28-29(27-16-7-10-21-9-4-5-15-26(21)27)33(32(36)31(28)35)23-12-8-13-24(18-23)37-3/h4-18,20,29,34H,19H2,1-3H3/b30-28-. The van der Waals surface area contributed by atoms with E-state index in [9.17, 15) is 14.7 Å². The lowest BCUT2D eigenvalue weighted by Gasteiger charge is -2.26. The molecule has 38 heavy (non-hydrogen) atoms. The number of aliphatic hydroxyl groups excluding tert-OH is 1. The Kier molecular flexibility index (Phi) is 6.88. The lowest BCUT2D eigenvalue weighted by molar-refractivity contribution is -0.132. The van der Waals surface area contributed by atoms with Gasteiger partial charge in [-0.1, -0.05) is 74.5 Å². The van der Waals surface area contributed by atoms with Crippen LogP contribution in [0.2, 0.25) is 0 Å². The van der Waals surface area contributed by atoms with Gasteiger partial charge in [0.15, 0.2) is 0 Å². The second kappa shape index (κ2) is 10.4. The molecular weight excluding hydrogens is 478 g/mol. The number of ketones is 1. The van der Waals surface area contributed by atoms with Gasteiger partial charge in [0.2, 0.25) is 0 Å². The third-order valence-corrected chi connectivity index (χ3v) is 6.58. The van der Waals surface area contributed by atoms with E-state index < -0.39 is 17.7 Å². The average molecular weight is 508 g/mol. The molecule has 192 valence electrons. The highest BCUT2D eigenvalue weighted by Crippen LogP contribution is 2.44. The van der Waals surface area contributed by atoms with Gasteiger partial charge in [-0.3, -0.25) is 14.5 Å². The molecule has 0 bridgehead atoms. The molecule has 1 saturated heterocycles. The van der Waals surface area contributed by atoms with E-state index in [1.807, 2.05) is 56.3 Å². The fraction of sp³-hybridized carbons (Fsp3) is 0.188. The van der Waals surface area contributed by atoms with Gasteiger partial charge in [0.05, 0.1) is 25.3 Å². The zero-order valence-corrected chi connectivity index (χ0v) is 21.5. The number of aliphatic hydroxyl groups is 1. The Balaban J connectivity index is 1.73. The van der Waals surface area contributed by atoms with Gasteiger partial charge in [0.25, 0.3) is 11.7 Å². The molecule has 4 aromatic rings. The van der Waals surface area contributed by atoms with E-state index in [2.05, 4.69) is 0 Å². The SMILES string of the molecule is COc1cccc(N2C(=O)C(=O)/C(=C(\O)c3cccc(OCC(C)C)c3)C2c2cccc3ccccc23)c1. The second-order valence-corrected chi connectivity index (χ2v) is 9.67. The maximum atomic E-state index is 13.6. The summed E-state index contributed by atoms with van der Waals surface area (Å²) in [6, 6.07) is 26.7. The molecule has 5 rings (SSSR count). The van der Waals surface area contributed by atoms with Crippen LogP contribution in [0.5, 0.6) is 11.5 Å². The number of Topliss-reactive ketones (excluding diaryl/α,β-unsaturated/α-hetero) is 1. The van der Waals surface area contributed by atoms with E-state index >= 15 is 0 Å². The first-order chi connectivity index (χ1) is 18.4. The van der Waals surface area contributed by atoms with Crippen LogP contribution in [0.3, 0.4) is 0 Å². The van der Waals surface area contributed by atoms with E-state index in [0.717, 1.165) is 16.3 Å². The minimum Gasteiger partial charge on any atom is -0.507 e. The number of fused-ring (bicyclic) bond motifs is 1. The molecule has 0 spiro atoms. The average Bonchev–Trinajstić information content (AvgIpc) is 3.21. The van der Waals surface area contributed by atoms with Crippen molar-refractivity contribution >= 4 is 33.9 Å². The van der Waals surface area contributed by atoms with Crippen molar-refractivity contribution < 1.29 is 24.2 Å². The van der Waals surface area contributed by atoms with E-state index in [4.69, 9.17) is 9.47 Å². The van der Waals surface area contributed by atoms with Crippen molar-refractivity contribution in [1.29, 1.82) is 0 Å². The number of hydrogen-bond donors (Lipinski definition) is 1. The van der Waals surface area contributed by atoms with Crippen LogP contribution in [0.1, 0.15) is 31.0 Å². The third kappa shape index (κ3) is 4.61. The van der Waals surface area contributed by atoms with Crippen molar-refractivity contribution in [1.82, 2.24) is 0 Å². The van der Waals surface area contributed by atoms with E-state index in [-0.39, 0.29) is 11.3 Å². The Morgan fingerprint density at radius 3 is 2.39 bits per heavy atom. The predicted octanol–water partition coefficient (Wildman–Crippen LogP) is 6.51. The Morgan fingerprint density at radius 2 is 1.61 bits per heavy atom. The zero-order chi connectivity index (χ0) is 26.8. The molecule has 1 aliphatic rings. The van der Waals surface area contributed by atoms with E-state index in [1.165, 1.54) is 4.90 Å². The molecule has 1 fully saturated rings. The highest BCUT2D eigenvalue weighted by molar-refractivity contribution is 6.52. The number of methoxy groups -OCH3 is 1. The smallest absolute Gasteiger partial charge is 0.300 e. The van der Waals surface area contributed by atoms with Crippen LogP contribution in [0.4, 0.5) is 5.69 Å². The second-order valence-electron chi connectivity index (χ2n) is 9.67. The summed E-state index contributed by atoms with van der Waals surface area (Å²) in [5.41, 5.74) is 1.66. The highest BCUT2D eigenvalue weighted by atomic mass is 16.5. The molecule has 0 saturated carbocycles. The van der Waals surface area contributed by atoms with Gasteiger partial charge in [0.1, 0.15) is 17.3 Å². The van der Waals surface area contributed by atoms with E-state index in [1.54, 1.807) is 55.6 Å². The van der Waals surface area contributed by atoms with Crippen LogP contribution in [-0.4, -0.2) is 30.5 Å². The summed E-state index contributed by atoms with van der Waals surface area (Å²) in [5, 5.41) is 13.4. The third-order valence-electron chi connectivity index (χ3n) is 6.58. The molecule has 4 aromatic carbocycles. The molecule has 1 aliphatic heterocycles. The summed E-state index contributed by atoms with van der Waals surface area (Å²) >= 11 is 0. The summed E-state index contributed by atoms with van der Waals surface area (Å²) in [6.45, 7) is 4.61. The van der Waals surface area contributed by atoms with Gasteiger partial charge >= 0.3 is 0 Å². The number of hydrogen-bond acceptors (Lipinski definition) is 5. The molecular formula is C32H29NO5. The van der Waals surface area contributed by atoms with Crippen molar-refractivity contribution in [2.24, 2.45) is 5.92 Å². The number of rotatable bonds is 7. The Morgan fingerprint density at radius 1 is 0.895 bits per heavy atom. The maximum Gasteiger partial charge on any atom is 0.300 e. The first-order valence-corrected chi connectivity index (χ1v) is 12.5. The van der Waals surface area contributed by atoms with Gasteiger partial charge in [-0.05, 0) is 46.5 Å². The lowest BCUT2D eigenvalue weighted by atomic mass is 9.91. The quantitative estimate of drug-likeness (QED) is 0.175. The topological polar surface area (TPSA) is 76.1 Å². The number of benzene rings is 4. The van der Waals surface area contributed by atoms with Crippen molar-refractivity contribution in [3.63, 3.8) is 0 Å². The van der Waals surface area contributed by atoms with Gasteiger partial charge in [0, 0.05) is 17.3 Å². The molecule has 6 heteroatoms. The monoisotopic (exact) mass is 507 g/mol. The molecule has 1 atom stereocenters. The molecule has 0 aromatic heterocycles. The van der Waals surface area contributed by atoms with Crippen LogP contribution in [0.25, 0.3) is 16.5 Å². The fourth-order valence-corrected chi connectivity index (χ4v) is 4.79. The Labute approximate surface area is 221 Å². The number of anilines is 1. The predicted molar refractivity (Wildman–Crippen MR) is 148 cm³/mol. The van der Waals surface area contributed by atoms with Crippen molar-refractivity contribution in [3.05, 3.63) is 108 Å². The van der Waals surface area contributed by atoms with Crippen LogP contribution in [0.15, 0.2) is 96.6 Å². The van der Waals surface area contributed by atoms with Crippen molar-refractivity contribution in [3.8, 4) is 11.5 Å². The molecule has 0 radical (unpaired) electrons. The lowest BCUT2D eigenvalue weighted by Crippen LogP contribution is -2.29. The molecule has 0 aliphatic carbocycles. The van der Waals surface area contributed by atoms with Gasteiger partial charge in [-0.15, -0.1) is 0 Å². The number of carbonyl (C=O) groups is 2. The first-order valence-electron chi connectivity index (χ1n) is 12.5. The summed E-state index contributed by atoms with van der Waals surface area (Å²) in [4.78, 5) is 28.6. The normalized spacial score (nSPS) is 16.8. The van der Waals surface area contributed by atoms with Gasteiger partial charge < -0.3 is 14.6 Å². The Hall–Kier alpha value is -4.58. The van der Waals surface area contributed by atoms with E-state index in [0.29, 0.717) is 35.3 Å². The molecule has 1 unspecified atom stereocenters. The fourth-order valence-electron chi connectivity index (χ4n) is 4.79. The number of amides is 1. The molecule has 1 N–H and O–H groups in total. The van der Waals surface area contributed by atoms with Crippen LogP contribution in [0, 0.1) is 5.92 Å². The summed E-state index contributed by atoms with van der Waals surface area (Å²) < 4.78 is 11.2. The van der Waals surface area contributed by atoms with Crippen LogP contribution in [-0.2, 0) is 9.59 Å². The number of nitrogens with zero attached hydrogens (tertiary/aromatic N) is 1. The minimum atomic E-state index is -0.853. The maximum absolute atomic E-state index is 13.6. The molecule has 6 nitrogen and oxygen atoms in total. The van der Waals surface area contributed by atoms with Crippen molar-refractivity contribution in [2.45, 2.75) is 19.9 Å². The summed E-state index contributed by atoms with van der Waals surface area (Å²) in [5.74, 6) is -0.266. The highest BCUT2D eigenvalue weighted by Gasteiger charge is 2.47. The number of ether oxygens (including phenoxy) is 2. The molecule has 1 heterocycles. The Bertz CT molecular complexity index is 1550.